The van der Waals surface area contributed by atoms with Crippen LogP contribution in [-0.2, 0) is 0 Å². The summed E-state index contributed by atoms with van der Waals surface area (Å²) in [5, 5.41) is 0. The molecule has 0 heterocycles. The largest absolute Gasteiger partial charge is 0.564 e. The molecule has 0 saturated carbocycles. The standard InChI is InChI=1S/C3H3Cl5N.Al.4ClH/c4-1-9(2(5)6)3(7)8;;;;;/h1-3H;;4*1H/q+1;+3;;;;/p-4. The highest BCUT2D eigenvalue weighted by Crippen LogP contribution is 2.23. The van der Waals surface area contributed by atoms with Crippen LogP contribution in [0.2, 0.25) is 0 Å². The van der Waals surface area contributed by atoms with E-state index in [9.17, 15) is 0 Å². The van der Waals surface area contributed by atoms with Crippen LogP contribution in [0.4, 0.5) is 0 Å². The number of nitrogens with zero attached hydrogens (tertiary/aromatic N) is 1. The fraction of sp³-hybridized carbons (Fsp3) is 0.667. The molecule has 0 saturated heterocycles. The average molecular weight is 399 g/mol. The van der Waals surface area contributed by atoms with Gasteiger partial charge in [-0.1, -0.05) is 0 Å². The smallest absolute Gasteiger partial charge is 0.391 e. The predicted molar refractivity (Wildman–Crippen MR) is 72.3 cm³/mol. The maximum absolute atomic E-state index is 5.35. The third-order valence-electron chi connectivity index (χ3n) is 0.563. The quantitative estimate of drug-likeness (QED) is 0.198. The van der Waals surface area contributed by atoms with Gasteiger partial charge >= 0.3 is 19.3 Å². The molecule has 0 aromatic carbocycles. The van der Waals surface area contributed by atoms with Gasteiger partial charge in [0.1, 0.15) is 0 Å². The predicted octanol–water partition coefficient (Wildman–Crippen LogP) is 5.17. The van der Waals surface area contributed by atoms with Crippen molar-refractivity contribution in [1.29, 1.82) is 0 Å². The van der Waals surface area contributed by atoms with Crippen molar-refractivity contribution in [2.24, 2.45) is 0 Å². The SMILES string of the molecule is ClC=[N+](C(Cl)Cl)C(Cl)Cl.[Cl][Al-]([Cl])([Cl])[Cl]. The van der Waals surface area contributed by atoms with Crippen molar-refractivity contribution in [3.63, 3.8) is 0 Å². The summed E-state index contributed by atoms with van der Waals surface area (Å²) in [4.78, 5) is -1.63. The molecule has 1 nitrogen and oxygen atoms in total. The van der Waals surface area contributed by atoms with Crippen LogP contribution in [0.15, 0.2) is 0 Å². The van der Waals surface area contributed by atoms with E-state index in [0.717, 1.165) is 10.2 Å². The van der Waals surface area contributed by atoms with E-state index in [1.807, 2.05) is 0 Å². The molecule has 0 fully saturated rings. The van der Waals surface area contributed by atoms with Crippen LogP contribution in [-0.4, -0.2) is 29.6 Å². The maximum Gasteiger partial charge on any atom is 0.564 e. The lowest BCUT2D eigenvalue weighted by atomic mass is 11.1. The molecule has 0 N–H and O–H groups in total. The first-order valence-electron chi connectivity index (χ1n) is 2.74. The summed E-state index contributed by atoms with van der Waals surface area (Å²) >= 11 is 26.6. The molecule has 0 atom stereocenters. The van der Waals surface area contributed by atoms with Crippen molar-refractivity contribution >= 4 is 113 Å². The maximum atomic E-state index is 5.35. The third-order valence-corrected chi connectivity index (χ3v) is 1.69. The second-order valence-electron chi connectivity index (χ2n) is 1.59. The summed E-state index contributed by atoms with van der Waals surface area (Å²) in [6.45, 7) is 0. The summed E-state index contributed by atoms with van der Waals surface area (Å²) in [7, 11) is 17.0. The number of hydrogen-bond donors (Lipinski definition) is 0. The van der Waals surface area contributed by atoms with Crippen LogP contribution in [0.5, 0.6) is 0 Å². The second kappa shape index (κ2) is 9.80. The van der Waals surface area contributed by atoms with Crippen molar-refractivity contribution in [3.05, 3.63) is 0 Å². The Labute approximate surface area is 126 Å². The van der Waals surface area contributed by atoms with Crippen molar-refractivity contribution in [2.75, 3.05) is 0 Å². The Balaban J connectivity index is 0. The van der Waals surface area contributed by atoms with E-state index < -0.39 is 19.3 Å². The molecule has 0 aliphatic carbocycles. The van der Waals surface area contributed by atoms with Gasteiger partial charge in [-0.3, -0.25) is 0 Å². The summed E-state index contributed by atoms with van der Waals surface area (Å²) < 4.78 is 1.16. The van der Waals surface area contributed by atoms with Crippen LogP contribution in [0.1, 0.15) is 0 Å². The highest BCUT2D eigenvalue weighted by atomic mass is 35.9. The van der Waals surface area contributed by atoms with E-state index in [1.54, 1.807) is 0 Å². The van der Waals surface area contributed by atoms with Crippen LogP contribution >= 0.6 is 98.2 Å². The minimum absolute atomic E-state index is 0.817. The van der Waals surface area contributed by atoms with Gasteiger partial charge in [0.05, 0.1) is 0 Å². The topological polar surface area (TPSA) is 3.01 Å². The second-order valence-corrected chi connectivity index (χ2v) is 16.8. The van der Waals surface area contributed by atoms with E-state index in [1.165, 1.54) is 0 Å². The van der Waals surface area contributed by atoms with Gasteiger partial charge in [0.25, 0.3) is 0 Å². The van der Waals surface area contributed by atoms with E-state index in [2.05, 4.69) is 0 Å². The average Bonchev–Trinajstić information content (AvgIpc) is 1.81. The number of halogens is 9. The van der Waals surface area contributed by atoms with E-state index in [-0.39, 0.29) is 0 Å². The first-order valence-corrected chi connectivity index (χ1v) is 11.9. The van der Waals surface area contributed by atoms with Gasteiger partial charge in [-0.25, -0.2) is 0 Å². The first kappa shape index (κ1) is 19.2. The van der Waals surface area contributed by atoms with E-state index in [0.29, 0.717) is 0 Å². The van der Waals surface area contributed by atoms with Crippen molar-refractivity contribution < 1.29 is 4.58 Å². The third kappa shape index (κ3) is 17.2. The number of alkyl halides is 4. The van der Waals surface area contributed by atoms with Crippen molar-refractivity contribution in [2.45, 2.75) is 9.92 Å². The van der Waals surface area contributed by atoms with Gasteiger partial charge in [-0.15, -0.1) is 0 Å². The zero-order valence-corrected chi connectivity index (χ0v) is 14.1. The Kier molecular flexibility index (Phi) is 13.4. The fourth-order valence-electron chi connectivity index (χ4n) is 0.170. The minimum Gasteiger partial charge on any atom is -0.391 e. The lowest BCUT2D eigenvalue weighted by molar-refractivity contribution is -0.514. The normalized spacial score (nSPS) is 11.1. The molecule has 0 rings (SSSR count). The Morgan fingerprint density at radius 2 is 1.07 bits per heavy atom. The summed E-state index contributed by atoms with van der Waals surface area (Å²) in [5.74, 6) is 0. The lowest BCUT2D eigenvalue weighted by Gasteiger charge is -2.00. The van der Waals surface area contributed by atoms with Crippen molar-refractivity contribution in [3.8, 4) is 0 Å². The molecule has 0 unspecified atom stereocenters. The van der Waals surface area contributed by atoms with Gasteiger partial charge in [0, 0.05) is 0 Å². The van der Waals surface area contributed by atoms with Gasteiger partial charge in [0.2, 0.25) is 5.67 Å². The monoisotopic (exact) mass is 395 g/mol. The van der Waals surface area contributed by atoms with E-state index >= 15 is 0 Å². The van der Waals surface area contributed by atoms with Gasteiger partial charge in [-0.2, -0.15) is 4.58 Å². The van der Waals surface area contributed by atoms with Crippen LogP contribution < -0.4 is 0 Å². The van der Waals surface area contributed by atoms with Gasteiger partial charge < -0.3 is 40.2 Å². The summed E-state index contributed by atoms with van der Waals surface area (Å²) in [6.07, 6.45) is 0. The fourth-order valence-corrected chi connectivity index (χ4v) is 1.53. The molecule has 0 aromatic heterocycles. The molecule has 14 heavy (non-hydrogen) atoms. The van der Waals surface area contributed by atoms with Gasteiger partial charge in [-0.05, 0) is 58.0 Å². The van der Waals surface area contributed by atoms with Gasteiger partial charge in [0.15, 0.2) is 0 Å². The molecule has 0 aromatic rings. The molecule has 0 radical (unpaired) electrons. The molecule has 0 bridgehead atoms. The molecule has 0 aliphatic rings. The Morgan fingerprint density at radius 3 is 1.07 bits per heavy atom. The zero-order chi connectivity index (χ0) is 11.9. The lowest BCUT2D eigenvalue weighted by Crippen LogP contribution is -2.20. The molecule has 0 spiro atoms. The molecular weight excluding hydrogens is 396 g/mol. The molecular formula is C3H3AlCl9N. The molecule has 0 aliphatic heterocycles. The Bertz CT molecular complexity index is 157. The number of hydrogen-bond acceptors (Lipinski definition) is 0. The minimum atomic E-state index is -2.94. The number of rotatable bonds is 2. The highest BCUT2D eigenvalue weighted by molar-refractivity contribution is 7.81. The first-order chi connectivity index (χ1) is 6.09. The van der Waals surface area contributed by atoms with Crippen LogP contribution in [0, 0.1) is 0 Å². The summed E-state index contributed by atoms with van der Waals surface area (Å²) in [6, 6.07) is 0. The summed E-state index contributed by atoms with van der Waals surface area (Å²) in [5.41, 5.74) is 1.09. The molecule has 11 heteroatoms. The Hall–Kier alpha value is 2.81. The molecule has 0 amide bonds. The Morgan fingerprint density at radius 1 is 0.857 bits per heavy atom. The zero-order valence-electron chi connectivity index (χ0n) is 6.16. The molecule has 86 valence electrons. The van der Waals surface area contributed by atoms with Crippen molar-refractivity contribution in [1.82, 2.24) is 0 Å². The van der Waals surface area contributed by atoms with Crippen LogP contribution in [0.25, 0.3) is 0 Å². The van der Waals surface area contributed by atoms with E-state index in [4.69, 9.17) is 98.2 Å². The van der Waals surface area contributed by atoms with Crippen LogP contribution in [0.3, 0.4) is 0 Å². The highest BCUT2D eigenvalue weighted by Gasteiger charge is 2.20.